The lowest BCUT2D eigenvalue weighted by Crippen LogP contribution is -2.47. The SMILES string of the molecule is COc1ccc(C(=O)O[C@H](C)C(=O)N[C@@H]2CCC[C@@H](C)[C@H]2C)cc1OC. The molecule has 2 rings (SSSR count). The van der Waals surface area contributed by atoms with Gasteiger partial charge in [-0.25, -0.2) is 4.79 Å². The van der Waals surface area contributed by atoms with Crippen molar-refractivity contribution in [2.75, 3.05) is 14.2 Å². The highest BCUT2D eigenvalue weighted by molar-refractivity contribution is 5.92. The summed E-state index contributed by atoms with van der Waals surface area (Å²) >= 11 is 0. The molecular formula is C20H29NO5. The van der Waals surface area contributed by atoms with Crippen molar-refractivity contribution in [3.05, 3.63) is 23.8 Å². The Balaban J connectivity index is 1.96. The quantitative estimate of drug-likeness (QED) is 0.786. The van der Waals surface area contributed by atoms with Crippen LogP contribution in [-0.4, -0.2) is 38.2 Å². The fourth-order valence-electron chi connectivity index (χ4n) is 3.33. The van der Waals surface area contributed by atoms with Gasteiger partial charge in [0.2, 0.25) is 0 Å². The van der Waals surface area contributed by atoms with Crippen LogP contribution in [0, 0.1) is 11.8 Å². The number of benzene rings is 1. The Morgan fingerprint density at radius 3 is 2.46 bits per heavy atom. The van der Waals surface area contributed by atoms with Gasteiger partial charge in [-0.15, -0.1) is 0 Å². The summed E-state index contributed by atoms with van der Waals surface area (Å²) in [4.78, 5) is 24.8. The van der Waals surface area contributed by atoms with Gasteiger partial charge in [-0.1, -0.05) is 26.7 Å². The molecule has 0 unspecified atom stereocenters. The van der Waals surface area contributed by atoms with Crippen molar-refractivity contribution in [1.82, 2.24) is 5.32 Å². The van der Waals surface area contributed by atoms with Crippen LogP contribution in [0.1, 0.15) is 50.4 Å². The number of hydrogen-bond donors (Lipinski definition) is 1. The highest BCUT2D eigenvalue weighted by Gasteiger charge is 2.30. The molecule has 6 heteroatoms. The molecule has 1 saturated carbocycles. The van der Waals surface area contributed by atoms with Crippen LogP contribution in [-0.2, 0) is 9.53 Å². The van der Waals surface area contributed by atoms with E-state index in [0.29, 0.717) is 28.9 Å². The summed E-state index contributed by atoms with van der Waals surface area (Å²) in [6.07, 6.45) is 2.40. The molecule has 4 atom stereocenters. The number of amides is 1. The molecule has 0 radical (unpaired) electrons. The zero-order valence-electron chi connectivity index (χ0n) is 16.2. The second kappa shape index (κ2) is 8.92. The highest BCUT2D eigenvalue weighted by Crippen LogP contribution is 2.30. The van der Waals surface area contributed by atoms with E-state index in [1.165, 1.54) is 26.7 Å². The van der Waals surface area contributed by atoms with Crippen LogP contribution in [0.3, 0.4) is 0 Å². The van der Waals surface area contributed by atoms with Crippen LogP contribution in [0.4, 0.5) is 0 Å². The molecule has 1 aromatic rings. The lowest BCUT2D eigenvalue weighted by Gasteiger charge is -2.35. The Morgan fingerprint density at radius 2 is 1.81 bits per heavy atom. The molecule has 0 heterocycles. The molecule has 6 nitrogen and oxygen atoms in total. The molecule has 0 bridgehead atoms. The van der Waals surface area contributed by atoms with Crippen molar-refractivity contribution >= 4 is 11.9 Å². The maximum atomic E-state index is 12.4. The third-order valence-corrected chi connectivity index (χ3v) is 5.31. The van der Waals surface area contributed by atoms with Crippen LogP contribution in [0.15, 0.2) is 18.2 Å². The van der Waals surface area contributed by atoms with E-state index in [2.05, 4.69) is 19.2 Å². The van der Waals surface area contributed by atoms with Gasteiger partial charge in [0.25, 0.3) is 5.91 Å². The molecule has 1 amide bonds. The molecule has 0 saturated heterocycles. The predicted octanol–water partition coefficient (Wildman–Crippen LogP) is 3.19. The van der Waals surface area contributed by atoms with Gasteiger partial charge in [-0.2, -0.15) is 0 Å². The highest BCUT2D eigenvalue weighted by atomic mass is 16.5. The van der Waals surface area contributed by atoms with Gasteiger partial charge in [-0.05, 0) is 43.4 Å². The molecule has 0 aromatic heterocycles. The first-order chi connectivity index (χ1) is 12.4. The van der Waals surface area contributed by atoms with Gasteiger partial charge >= 0.3 is 5.97 Å². The molecular weight excluding hydrogens is 334 g/mol. The van der Waals surface area contributed by atoms with Crippen molar-refractivity contribution in [3.63, 3.8) is 0 Å². The van der Waals surface area contributed by atoms with E-state index in [9.17, 15) is 9.59 Å². The molecule has 0 aliphatic heterocycles. The maximum Gasteiger partial charge on any atom is 0.339 e. The number of rotatable bonds is 6. The summed E-state index contributed by atoms with van der Waals surface area (Å²) in [5.41, 5.74) is 0.307. The average molecular weight is 363 g/mol. The summed E-state index contributed by atoms with van der Waals surface area (Å²) in [7, 11) is 3.02. The minimum absolute atomic E-state index is 0.133. The molecule has 144 valence electrons. The first-order valence-corrected chi connectivity index (χ1v) is 9.10. The van der Waals surface area contributed by atoms with E-state index in [4.69, 9.17) is 14.2 Å². The fourth-order valence-corrected chi connectivity index (χ4v) is 3.33. The lowest BCUT2D eigenvalue weighted by atomic mass is 9.78. The van der Waals surface area contributed by atoms with Crippen molar-refractivity contribution in [2.45, 2.75) is 52.2 Å². The zero-order chi connectivity index (χ0) is 19.3. The predicted molar refractivity (Wildman–Crippen MR) is 98.5 cm³/mol. The Labute approximate surface area is 155 Å². The van der Waals surface area contributed by atoms with Crippen molar-refractivity contribution < 1.29 is 23.8 Å². The van der Waals surface area contributed by atoms with E-state index in [0.717, 1.165) is 12.8 Å². The van der Waals surface area contributed by atoms with Gasteiger partial charge in [0, 0.05) is 6.04 Å². The smallest absolute Gasteiger partial charge is 0.339 e. The van der Waals surface area contributed by atoms with E-state index in [-0.39, 0.29) is 11.9 Å². The number of carbonyl (C=O) groups excluding carboxylic acids is 2. The summed E-state index contributed by atoms with van der Waals surface area (Å²) in [6.45, 7) is 5.96. The number of ether oxygens (including phenoxy) is 3. The second-order valence-electron chi connectivity index (χ2n) is 7.00. The Morgan fingerprint density at radius 1 is 1.12 bits per heavy atom. The molecule has 1 aliphatic carbocycles. The van der Waals surface area contributed by atoms with Crippen molar-refractivity contribution in [1.29, 1.82) is 0 Å². The summed E-state index contributed by atoms with van der Waals surface area (Å²) in [5, 5.41) is 3.04. The number of esters is 1. The first kappa shape index (κ1) is 20.1. The third-order valence-electron chi connectivity index (χ3n) is 5.31. The van der Waals surface area contributed by atoms with E-state index < -0.39 is 12.1 Å². The summed E-state index contributed by atoms with van der Waals surface area (Å²) in [5.74, 6) is 1.13. The first-order valence-electron chi connectivity index (χ1n) is 9.10. The number of carbonyl (C=O) groups is 2. The molecule has 1 fully saturated rings. The van der Waals surface area contributed by atoms with Gasteiger partial charge in [-0.3, -0.25) is 4.79 Å². The van der Waals surface area contributed by atoms with Gasteiger partial charge in [0.1, 0.15) is 0 Å². The van der Waals surface area contributed by atoms with Gasteiger partial charge in [0.05, 0.1) is 19.8 Å². The Bertz CT molecular complexity index is 645. The van der Waals surface area contributed by atoms with Crippen molar-refractivity contribution in [2.24, 2.45) is 11.8 Å². The zero-order valence-corrected chi connectivity index (χ0v) is 16.2. The standard InChI is InChI=1S/C20H29NO5/c1-12-7-6-8-16(13(12)2)21-19(22)14(3)26-20(23)15-9-10-17(24-4)18(11-15)25-5/h9-14,16H,6-8H2,1-5H3,(H,21,22)/t12-,13-,14-,16-/m1/s1. The van der Waals surface area contributed by atoms with Crippen LogP contribution in [0.5, 0.6) is 11.5 Å². The number of nitrogens with one attached hydrogen (secondary N) is 1. The topological polar surface area (TPSA) is 73.9 Å². The second-order valence-corrected chi connectivity index (χ2v) is 7.00. The lowest BCUT2D eigenvalue weighted by molar-refractivity contribution is -0.130. The maximum absolute atomic E-state index is 12.4. The van der Waals surface area contributed by atoms with E-state index in [1.54, 1.807) is 19.1 Å². The number of hydrogen-bond acceptors (Lipinski definition) is 5. The minimum Gasteiger partial charge on any atom is -0.493 e. The average Bonchev–Trinajstić information content (AvgIpc) is 2.64. The fraction of sp³-hybridized carbons (Fsp3) is 0.600. The molecule has 1 N–H and O–H groups in total. The van der Waals surface area contributed by atoms with Crippen LogP contribution in [0.2, 0.25) is 0 Å². The number of methoxy groups -OCH3 is 2. The molecule has 1 aliphatic rings. The monoisotopic (exact) mass is 363 g/mol. The third kappa shape index (κ3) is 4.68. The van der Waals surface area contributed by atoms with Gasteiger partial charge < -0.3 is 19.5 Å². The summed E-state index contributed by atoms with van der Waals surface area (Å²) in [6, 6.07) is 4.88. The summed E-state index contributed by atoms with van der Waals surface area (Å²) < 4.78 is 15.7. The van der Waals surface area contributed by atoms with E-state index >= 15 is 0 Å². The van der Waals surface area contributed by atoms with E-state index in [1.807, 2.05) is 0 Å². The van der Waals surface area contributed by atoms with Crippen LogP contribution >= 0.6 is 0 Å². The normalized spacial score (nSPS) is 23.7. The van der Waals surface area contributed by atoms with Crippen LogP contribution < -0.4 is 14.8 Å². The van der Waals surface area contributed by atoms with Gasteiger partial charge in [0.15, 0.2) is 17.6 Å². The molecule has 26 heavy (non-hydrogen) atoms. The molecule has 1 aromatic carbocycles. The largest absolute Gasteiger partial charge is 0.493 e. The minimum atomic E-state index is -0.861. The Kier molecular flexibility index (Phi) is 6.89. The Hall–Kier alpha value is -2.24. The van der Waals surface area contributed by atoms with Crippen molar-refractivity contribution in [3.8, 4) is 11.5 Å². The van der Waals surface area contributed by atoms with Crippen LogP contribution in [0.25, 0.3) is 0 Å². The molecule has 0 spiro atoms.